The molecule has 3 heteroatoms. The zero-order valence-electron chi connectivity index (χ0n) is 10.9. The van der Waals surface area contributed by atoms with Gasteiger partial charge in [0.1, 0.15) is 0 Å². The lowest BCUT2D eigenvalue weighted by atomic mass is 10.1. The summed E-state index contributed by atoms with van der Waals surface area (Å²) in [4.78, 5) is 11.7. The molecule has 0 aliphatic carbocycles. The van der Waals surface area contributed by atoms with Gasteiger partial charge in [-0.2, -0.15) is 0 Å². The van der Waals surface area contributed by atoms with Gasteiger partial charge in [0.25, 0.3) is 0 Å². The van der Waals surface area contributed by atoms with E-state index in [4.69, 9.17) is 0 Å². The molecule has 1 amide bonds. The molecule has 0 saturated heterocycles. The summed E-state index contributed by atoms with van der Waals surface area (Å²) >= 11 is 0. The van der Waals surface area contributed by atoms with E-state index < -0.39 is 0 Å². The minimum Gasteiger partial charge on any atom is -0.326 e. The summed E-state index contributed by atoms with van der Waals surface area (Å²) in [6.07, 6.45) is 0.864. The average Bonchev–Trinajstić information content (AvgIpc) is 2.35. The van der Waals surface area contributed by atoms with E-state index in [-0.39, 0.29) is 11.8 Å². The fourth-order valence-electron chi connectivity index (χ4n) is 1.48. The highest BCUT2D eigenvalue weighted by molar-refractivity contribution is 5.92. The van der Waals surface area contributed by atoms with Gasteiger partial charge in [0.05, 0.1) is 0 Å². The van der Waals surface area contributed by atoms with Gasteiger partial charge < -0.3 is 10.6 Å². The zero-order valence-corrected chi connectivity index (χ0v) is 10.9. The molecule has 17 heavy (non-hydrogen) atoms. The Labute approximate surface area is 104 Å². The lowest BCUT2D eigenvalue weighted by molar-refractivity contribution is -0.119. The molecule has 0 spiro atoms. The van der Waals surface area contributed by atoms with Crippen LogP contribution in [0.1, 0.15) is 32.8 Å². The monoisotopic (exact) mass is 234 g/mol. The van der Waals surface area contributed by atoms with Crippen molar-refractivity contribution < 1.29 is 4.79 Å². The molecule has 0 heterocycles. The maximum absolute atomic E-state index is 11.7. The van der Waals surface area contributed by atoms with Crippen LogP contribution in [-0.2, 0) is 11.3 Å². The van der Waals surface area contributed by atoms with E-state index >= 15 is 0 Å². The molecule has 0 aliphatic rings. The van der Waals surface area contributed by atoms with Crippen LogP contribution < -0.4 is 10.6 Å². The van der Waals surface area contributed by atoms with Crippen molar-refractivity contribution in [3.63, 3.8) is 0 Å². The molecule has 1 aromatic carbocycles. The number of amides is 1. The number of carbonyl (C=O) groups is 1. The van der Waals surface area contributed by atoms with Gasteiger partial charge in [0.2, 0.25) is 5.91 Å². The molecule has 0 saturated carbocycles. The highest BCUT2D eigenvalue weighted by Gasteiger charge is 2.10. The highest BCUT2D eigenvalue weighted by Crippen LogP contribution is 2.12. The molecule has 1 atom stereocenters. The van der Waals surface area contributed by atoms with Crippen molar-refractivity contribution in [3.8, 4) is 0 Å². The Balaban J connectivity index is 2.62. The van der Waals surface area contributed by atoms with Gasteiger partial charge in [0, 0.05) is 18.2 Å². The van der Waals surface area contributed by atoms with Gasteiger partial charge in [-0.1, -0.05) is 32.9 Å². The lowest BCUT2D eigenvalue weighted by Gasteiger charge is -2.11. The van der Waals surface area contributed by atoms with Crippen LogP contribution in [0.5, 0.6) is 0 Å². The van der Waals surface area contributed by atoms with Crippen molar-refractivity contribution in [1.29, 1.82) is 0 Å². The molecular weight excluding hydrogens is 212 g/mol. The maximum atomic E-state index is 11.7. The van der Waals surface area contributed by atoms with E-state index in [1.165, 1.54) is 5.56 Å². The van der Waals surface area contributed by atoms with E-state index in [0.717, 1.165) is 25.2 Å². The van der Waals surface area contributed by atoms with Crippen LogP contribution in [0.3, 0.4) is 0 Å². The summed E-state index contributed by atoms with van der Waals surface area (Å²) < 4.78 is 0. The summed E-state index contributed by atoms with van der Waals surface area (Å²) in [5.41, 5.74) is 2.07. The number of hydrogen-bond donors (Lipinski definition) is 2. The van der Waals surface area contributed by atoms with Crippen LogP contribution in [0.4, 0.5) is 5.69 Å². The Morgan fingerprint density at radius 3 is 2.76 bits per heavy atom. The number of anilines is 1. The first kappa shape index (κ1) is 13.7. The number of hydrogen-bond acceptors (Lipinski definition) is 2. The molecule has 1 aromatic rings. The summed E-state index contributed by atoms with van der Waals surface area (Å²) in [6.45, 7) is 7.82. The number of carbonyl (C=O) groups excluding carboxylic acids is 1. The third kappa shape index (κ3) is 4.57. The molecule has 2 N–H and O–H groups in total. The second-order valence-corrected chi connectivity index (χ2v) is 4.28. The number of rotatable bonds is 6. The molecule has 1 unspecified atom stereocenters. The van der Waals surface area contributed by atoms with Gasteiger partial charge in [-0.25, -0.2) is 0 Å². The Bertz CT molecular complexity index is 363. The van der Waals surface area contributed by atoms with Gasteiger partial charge in [0.15, 0.2) is 0 Å². The fraction of sp³-hybridized carbons (Fsp3) is 0.500. The van der Waals surface area contributed by atoms with Crippen molar-refractivity contribution in [2.75, 3.05) is 11.9 Å². The Morgan fingerprint density at radius 1 is 1.35 bits per heavy atom. The Morgan fingerprint density at radius 2 is 2.12 bits per heavy atom. The molecular formula is C14H22N2O. The second kappa shape index (κ2) is 7.07. The first-order valence-electron chi connectivity index (χ1n) is 6.27. The first-order chi connectivity index (χ1) is 8.17. The lowest BCUT2D eigenvalue weighted by Crippen LogP contribution is -2.20. The quantitative estimate of drug-likeness (QED) is 0.794. The van der Waals surface area contributed by atoms with Crippen LogP contribution in [0, 0.1) is 5.92 Å². The van der Waals surface area contributed by atoms with Gasteiger partial charge in [-0.3, -0.25) is 4.79 Å². The van der Waals surface area contributed by atoms with E-state index in [1.807, 2.05) is 32.0 Å². The van der Waals surface area contributed by atoms with Crippen LogP contribution >= 0.6 is 0 Å². The summed E-state index contributed by atoms with van der Waals surface area (Å²) in [5, 5.41) is 6.21. The van der Waals surface area contributed by atoms with Crippen LogP contribution in [0.25, 0.3) is 0 Å². The summed E-state index contributed by atoms with van der Waals surface area (Å²) in [7, 11) is 0. The molecule has 94 valence electrons. The minimum atomic E-state index is 0.0624. The molecule has 0 bridgehead atoms. The minimum absolute atomic E-state index is 0.0624. The predicted octanol–water partition coefficient (Wildman–Crippen LogP) is 2.78. The third-order valence-electron chi connectivity index (χ3n) is 2.83. The Kier molecular flexibility index (Phi) is 5.70. The molecule has 0 aromatic heterocycles. The standard InChI is InChI=1S/C14H22N2O/c1-4-11(3)14(17)16-13-8-6-7-12(9-13)10-15-5-2/h6-9,11,15H,4-5,10H2,1-3H3,(H,16,17). The van der Waals surface area contributed by atoms with Crippen molar-refractivity contribution in [2.45, 2.75) is 33.7 Å². The molecule has 3 nitrogen and oxygen atoms in total. The molecule has 1 rings (SSSR count). The van der Waals surface area contributed by atoms with E-state index in [9.17, 15) is 4.79 Å². The van der Waals surface area contributed by atoms with Crippen molar-refractivity contribution in [2.24, 2.45) is 5.92 Å². The Hall–Kier alpha value is -1.35. The predicted molar refractivity (Wildman–Crippen MR) is 71.9 cm³/mol. The highest BCUT2D eigenvalue weighted by atomic mass is 16.1. The number of benzene rings is 1. The van der Waals surface area contributed by atoms with Gasteiger partial charge >= 0.3 is 0 Å². The summed E-state index contributed by atoms with van der Waals surface area (Å²) in [5.74, 6) is 0.153. The van der Waals surface area contributed by atoms with Crippen molar-refractivity contribution in [1.82, 2.24) is 5.32 Å². The first-order valence-corrected chi connectivity index (χ1v) is 6.27. The number of nitrogens with one attached hydrogen (secondary N) is 2. The molecule has 0 aliphatic heterocycles. The van der Waals surface area contributed by atoms with E-state index in [0.29, 0.717) is 0 Å². The van der Waals surface area contributed by atoms with Crippen molar-refractivity contribution >= 4 is 11.6 Å². The fourth-order valence-corrected chi connectivity index (χ4v) is 1.48. The van der Waals surface area contributed by atoms with Crippen LogP contribution in [-0.4, -0.2) is 12.5 Å². The second-order valence-electron chi connectivity index (χ2n) is 4.28. The van der Waals surface area contributed by atoms with Crippen LogP contribution in [0.15, 0.2) is 24.3 Å². The van der Waals surface area contributed by atoms with Gasteiger partial charge in [-0.05, 0) is 30.7 Å². The third-order valence-corrected chi connectivity index (χ3v) is 2.83. The normalized spacial score (nSPS) is 12.2. The topological polar surface area (TPSA) is 41.1 Å². The van der Waals surface area contributed by atoms with E-state index in [2.05, 4.69) is 23.6 Å². The average molecular weight is 234 g/mol. The molecule has 0 fully saturated rings. The van der Waals surface area contributed by atoms with Crippen molar-refractivity contribution in [3.05, 3.63) is 29.8 Å². The van der Waals surface area contributed by atoms with Crippen LogP contribution in [0.2, 0.25) is 0 Å². The van der Waals surface area contributed by atoms with Gasteiger partial charge in [-0.15, -0.1) is 0 Å². The zero-order chi connectivity index (χ0) is 12.7. The summed E-state index contributed by atoms with van der Waals surface area (Å²) in [6, 6.07) is 7.97. The SMILES string of the molecule is CCNCc1cccc(NC(=O)C(C)CC)c1. The van der Waals surface area contributed by atoms with E-state index in [1.54, 1.807) is 0 Å². The maximum Gasteiger partial charge on any atom is 0.227 e. The smallest absolute Gasteiger partial charge is 0.227 e. The molecule has 0 radical (unpaired) electrons. The largest absolute Gasteiger partial charge is 0.326 e.